The molecule has 5 nitrogen and oxygen atoms in total. The highest BCUT2D eigenvalue weighted by Gasteiger charge is 2.22. The average Bonchev–Trinajstić information content (AvgIpc) is 3.14. The second-order valence-corrected chi connectivity index (χ2v) is 7.72. The fourth-order valence-corrected chi connectivity index (χ4v) is 3.37. The molecule has 0 aliphatic heterocycles. The van der Waals surface area contributed by atoms with E-state index in [2.05, 4.69) is 15.6 Å². The molecule has 2 aromatic heterocycles. The van der Waals surface area contributed by atoms with Crippen molar-refractivity contribution in [2.24, 2.45) is 5.92 Å². The Kier molecular flexibility index (Phi) is 6.29. The molecule has 2 heterocycles. The Labute approximate surface area is 144 Å². The maximum atomic E-state index is 12.4. The lowest BCUT2D eigenvalue weighted by molar-refractivity contribution is -0.123. The zero-order chi connectivity index (χ0) is 16.8. The number of aromatic nitrogens is 1. The van der Waals surface area contributed by atoms with Gasteiger partial charge in [-0.1, -0.05) is 19.9 Å². The van der Waals surface area contributed by atoms with Crippen molar-refractivity contribution in [1.29, 1.82) is 0 Å². The number of nitrogens with zero attached hydrogens (tertiary/aromatic N) is 1. The predicted octanol–water partition coefficient (Wildman–Crippen LogP) is 2.97. The van der Waals surface area contributed by atoms with E-state index in [4.69, 9.17) is 0 Å². The number of thiazole rings is 1. The summed E-state index contributed by atoms with van der Waals surface area (Å²) in [6, 6.07) is 3.04. The fourth-order valence-electron chi connectivity index (χ4n) is 2.13. The Hall–Kier alpha value is -1.73. The van der Waals surface area contributed by atoms with Crippen LogP contribution in [0.3, 0.4) is 0 Å². The van der Waals surface area contributed by atoms with Crippen molar-refractivity contribution in [3.8, 4) is 0 Å². The van der Waals surface area contributed by atoms with Gasteiger partial charge in [-0.05, 0) is 30.7 Å². The maximum Gasteiger partial charge on any atom is 0.261 e. The molecular formula is C16H21N3O2S2. The summed E-state index contributed by atoms with van der Waals surface area (Å²) in [6.07, 6.45) is 0.596. The maximum absolute atomic E-state index is 12.4. The third-order valence-corrected chi connectivity index (χ3v) is 4.88. The van der Waals surface area contributed by atoms with E-state index in [-0.39, 0.29) is 11.8 Å². The van der Waals surface area contributed by atoms with Gasteiger partial charge in [-0.2, -0.15) is 0 Å². The first kappa shape index (κ1) is 17.6. The summed E-state index contributed by atoms with van der Waals surface area (Å²) in [5.74, 6) is -0.0736. The van der Waals surface area contributed by atoms with E-state index in [1.807, 2.05) is 37.6 Å². The molecule has 124 valence electrons. The Morgan fingerprint density at radius 3 is 2.65 bits per heavy atom. The standard InChI is InChI=1S/C16H21N3O2S2/c1-10(2)7-13(19-16(21)14-5-4-6-22-14)15(20)17-8-12-9-23-11(3)18-12/h4-6,9-10,13H,7-8H2,1-3H3,(H,17,20)(H,19,21)/t13-/m1/s1. The molecule has 2 aromatic rings. The molecule has 0 aliphatic carbocycles. The summed E-state index contributed by atoms with van der Waals surface area (Å²) >= 11 is 2.92. The highest BCUT2D eigenvalue weighted by molar-refractivity contribution is 7.12. The molecule has 7 heteroatoms. The van der Waals surface area contributed by atoms with Crippen LogP contribution in [-0.2, 0) is 11.3 Å². The van der Waals surface area contributed by atoms with Crippen LogP contribution in [0.4, 0.5) is 0 Å². The third-order valence-electron chi connectivity index (χ3n) is 3.18. The first-order valence-electron chi connectivity index (χ1n) is 7.48. The normalized spacial score (nSPS) is 12.2. The lowest BCUT2D eigenvalue weighted by Crippen LogP contribution is -2.47. The van der Waals surface area contributed by atoms with Crippen LogP contribution < -0.4 is 10.6 Å². The van der Waals surface area contributed by atoms with Gasteiger partial charge in [0.1, 0.15) is 6.04 Å². The van der Waals surface area contributed by atoms with Crippen molar-refractivity contribution in [2.75, 3.05) is 0 Å². The number of carbonyl (C=O) groups is 2. The van der Waals surface area contributed by atoms with Gasteiger partial charge < -0.3 is 10.6 Å². The van der Waals surface area contributed by atoms with Crippen molar-refractivity contribution < 1.29 is 9.59 Å². The molecule has 0 fully saturated rings. The van der Waals surface area contributed by atoms with Crippen LogP contribution in [0.5, 0.6) is 0 Å². The average molecular weight is 351 g/mol. The van der Waals surface area contributed by atoms with Crippen LogP contribution in [0.15, 0.2) is 22.9 Å². The molecule has 0 bridgehead atoms. The SMILES string of the molecule is Cc1nc(CNC(=O)[C@@H](CC(C)C)NC(=O)c2cccs2)cs1. The minimum Gasteiger partial charge on any atom is -0.349 e. The van der Waals surface area contributed by atoms with E-state index in [0.717, 1.165) is 10.7 Å². The highest BCUT2D eigenvalue weighted by atomic mass is 32.1. The van der Waals surface area contributed by atoms with E-state index >= 15 is 0 Å². The van der Waals surface area contributed by atoms with E-state index in [0.29, 0.717) is 23.8 Å². The Balaban J connectivity index is 1.96. The molecule has 2 N–H and O–H groups in total. The van der Waals surface area contributed by atoms with Crippen LogP contribution in [0.25, 0.3) is 0 Å². The van der Waals surface area contributed by atoms with Gasteiger partial charge in [0.05, 0.1) is 22.1 Å². The minimum atomic E-state index is -0.538. The van der Waals surface area contributed by atoms with E-state index in [9.17, 15) is 9.59 Å². The summed E-state index contributed by atoms with van der Waals surface area (Å²) in [7, 11) is 0. The Morgan fingerprint density at radius 2 is 2.09 bits per heavy atom. The molecule has 0 saturated carbocycles. The summed E-state index contributed by atoms with van der Waals surface area (Å²) in [5.41, 5.74) is 0.841. The fraction of sp³-hybridized carbons (Fsp3) is 0.438. The van der Waals surface area contributed by atoms with Gasteiger partial charge in [0.15, 0.2) is 0 Å². The van der Waals surface area contributed by atoms with Gasteiger partial charge in [0, 0.05) is 5.38 Å². The quantitative estimate of drug-likeness (QED) is 0.805. The van der Waals surface area contributed by atoms with Crippen LogP contribution in [-0.4, -0.2) is 22.8 Å². The van der Waals surface area contributed by atoms with E-state index in [1.54, 1.807) is 17.4 Å². The summed E-state index contributed by atoms with van der Waals surface area (Å²) in [4.78, 5) is 29.5. The monoisotopic (exact) mass is 351 g/mol. The molecule has 0 radical (unpaired) electrons. The predicted molar refractivity (Wildman–Crippen MR) is 93.7 cm³/mol. The molecule has 0 aliphatic rings. The van der Waals surface area contributed by atoms with Gasteiger partial charge in [-0.25, -0.2) is 4.98 Å². The van der Waals surface area contributed by atoms with Gasteiger partial charge >= 0.3 is 0 Å². The number of carbonyl (C=O) groups excluding carboxylic acids is 2. The first-order valence-corrected chi connectivity index (χ1v) is 9.24. The van der Waals surface area contributed by atoms with Crippen LogP contribution in [0.1, 0.15) is 40.6 Å². The first-order chi connectivity index (χ1) is 11.0. The molecule has 0 aromatic carbocycles. The lowest BCUT2D eigenvalue weighted by Gasteiger charge is -2.19. The van der Waals surface area contributed by atoms with Gasteiger partial charge in [-0.15, -0.1) is 22.7 Å². The third kappa shape index (κ3) is 5.44. The van der Waals surface area contributed by atoms with Crippen molar-refractivity contribution in [2.45, 2.75) is 39.8 Å². The number of amides is 2. The van der Waals surface area contributed by atoms with Gasteiger partial charge in [-0.3, -0.25) is 9.59 Å². The molecular weight excluding hydrogens is 330 g/mol. The Morgan fingerprint density at radius 1 is 1.30 bits per heavy atom. The zero-order valence-corrected chi connectivity index (χ0v) is 15.1. The number of rotatable bonds is 7. The smallest absolute Gasteiger partial charge is 0.261 e. The highest BCUT2D eigenvalue weighted by Crippen LogP contribution is 2.11. The minimum absolute atomic E-state index is 0.172. The van der Waals surface area contributed by atoms with Crippen LogP contribution in [0, 0.1) is 12.8 Å². The number of hydrogen-bond acceptors (Lipinski definition) is 5. The lowest BCUT2D eigenvalue weighted by atomic mass is 10.0. The van der Waals surface area contributed by atoms with Crippen molar-refractivity contribution in [1.82, 2.24) is 15.6 Å². The molecule has 1 atom stereocenters. The number of aryl methyl sites for hydroxylation is 1. The molecule has 0 spiro atoms. The van der Waals surface area contributed by atoms with E-state index < -0.39 is 6.04 Å². The molecule has 0 saturated heterocycles. The second kappa shape index (κ2) is 8.21. The summed E-state index contributed by atoms with van der Waals surface area (Å²) in [5, 5.41) is 10.4. The summed E-state index contributed by atoms with van der Waals surface area (Å²) < 4.78 is 0. The largest absolute Gasteiger partial charge is 0.349 e. The molecule has 0 unspecified atom stereocenters. The molecule has 2 rings (SSSR count). The number of hydrogen-bond donors (Lipinski definition) is 2. The van der Waals surface area contributed by atoms with Crippen molar-refractivity contribution >= 4 is 34.5 Å². The number of thiophene rings is 1. The molecule has 23 heavy (non-hydrogen) atoms. The van der Waals surface area contributed by atoms with Gasteiger partial charge in [0.25, 0.3) is 5.91 Å². The van der Waals surface area contributed by atoms with Crippen molar-refractivity contribution in [3.05, 3.63) is 38.5 Å². The number of nitrogens with one attached hydrogen (secondary N) is 2. The second-order valence-electron chi connectivity index (χ2n) is 5.71. The Bertz CT molecular complexity index is 650. The molecule has 2 amide bonds. The van der Waals surface area contributed by atoms with Crippen LogP contribution >= 0.6 is 22.7 Å². The van der Waals surface area contributed by atoms with E-state index in [1.165, 1.54) is 11.3 Å². The topological polar surface area (TPSA) is 71.1 Å². The van der Waals surface area contributed by atoms with Crippen molar-refractivity contribution in [3.63, 3.8) is 0 Å². The summed E-state index contributed by atoms with van der Waals surface area (Å²) in [6.45, 7) is 6.37. The zero-order valence-electron chi connectivity index (χ0n) is 13.5. The van der Waals surface area contributed by atoms with Crippen LogP contribution in [0.2, 0.25) is 0 Å². The van der Waals surface area contributed by atoms with Gasteiger partial charge in [0.2, 0.25) is 5.91 Å².